The molecule has 0 saturated carbocycles. The summed E-state index contributed by atoms with van der Waals surface area (Å²) in [6.45, 7) is 4.13. The van der Waals surface area contributed by atoms with Crippen molar-refractivity contribution in [3.8, 4) is 0 Å². The maximum Gasteiger partial charge on any atom is 0.218 e. The summed E-state index contributed by atoms with van der Waals surface area (Å²) in [5.74, 6) is 0.409. The Hall–Kier alpha value is -0.510. The second-order valence-corrected chi connectivity index (χ2v) is 3.01. The molecule has 0 unspecified atom stereocenters. The zero-order chi connectivity index (χ0) is 7.56. The average molecular weight is 202 g/mol. The first-order valence-corrected chi connectivity index (χ1v) is 3.84. The molecular formula is C6H8BrN3. The van der Waals surface area contributed by atoms with Gasteiger partial charge in [0, 0.05) is 0 Å². The van der Waals surface area contributed by atoms with Gasteiger partial charge in [-0.25, -0.2) is 4.98 Å². The van der Waals surface area contributed by atoms with E-state index in [1.807, 2.05) is 0 Å². The lowest BCUT2D eigenvalue weighted by Crippen LogP contribution is -1.96. The fraction of sp³-hybridized carbons (Fsp3) is 0.500. The molecule has 54 valence electrons. The van der Waals surface area contributed by atoms with E-state index in [0.717, 1.165) is 5.69 Å². The summed E-state index contributed by atoms with van der Waals surface area (Å²) in [4.78, 5) is 4.12. The molecule has 0 aliphatic rings. The van der Waals surface area contributed by atoms with Gasteiger partial charge in [0.05, 0.1) is 11.9 Å². The van der Waals surface area contributed by atoms with Gasteiger partial charge in [-0.2, -0.15) is 5.10 Å². The van der Waals surface area contributed by atoms with Crippen LogP contribution in [0.25, 0.3) is 0 Å². The van der Waals surface area contributed by atoms with E-state index in [4.69, 9.17) is 0 Å². The quantitative estimate of drug-likeness (QED) is 0.696. The van der Waals surface area contributed by atoms with E-state index >= 15 is 0 Å². The van der Waals surface area contributed by atoms with Crippen LogP contribution in [-0.2, 0) is 0 Å². The lowest BCUT2D eigenvalue weighted by atomic mass is 10.1. The molecule has 0 radical (unpaired) electrons. The molecule has 0 atom stereocenters. The minimum absolute atomic E-state index is 0.409. The van der Waals surface area contributed by atoms with Crippen molar-refractivity contribution in [2.75, 3.05) is 0 Å². The first-order chi connectivity index (χ1) is 4.70. The molecule has 0 aliphatic carbocycles. The maximum atomic E-state index is 4.12. The van der Waals surface area contributed by atoms with Gasteiger partial charge in [-0.3, -0.25) is 0 Å². The second kappa shape index (κ2) is 3.05. The summed E-state index contributed by atoms with van der Waals surface area (Å²) >= 11 is 3.15. The lowest BCUT2D eigenvalue weighted by Gasteiger charge is -2.00. The van der Waals surface area contributed by atoms with Crippen LogP contribution in [-0.4, -0.2) is 15.2 Å². The molecule has 0 aromatic carbocycles. The van der Waals surface area contributed by atoms with Crippen LogP contribution in [0, 0.1) is 0 Å². The molecule has 4 heteroatoms. The van der Waals surface area contributed by atoms with Crippen molar-refractivity contribution in [3.05, 3.63) is 16.6 Å². The molecule has 3 nitrogen and oxygen atoms in total. The van der Waals surface area contributed by atoms with Crippen LogP contribution >= 0.6 is 15.9 Å². The molecule has 1 aromatic rings. The van der Waals surface area contributed by atoms with Gasteiger partial charge in [0.2, 0.25) is 4.73 Å². The fourth-order valence-electron chi connectivity index (χ4n) is 0.572. The Morgan fingerprint density at radius 3 is 2.60 bits per heavy atom. The Morgan fingerprint density at radius 1 is 1.50 bits per heavy atom. The predicted molar refractivity (Wildman–Crippen MR) is 41.6 cm³/mol. The largest absolute Gasteiger partial charge is 0.224 e. The zero-order valence-corrected chi connectivity index (χ0v) is 7.46. The molecule has 0 spiro atoms. The van der Waals surface area contributed by atoms with Gasteiger partial charge in [0.25, 0.3) is 0 Å². The Morgan fingerprint density at radius 2 is 2.20 bits per heavy atom. The molecular weight excluding hydrogens is 194 g/mol. The summed E-state index contributed by atoms with van der Waals surface area (Å²) in [6.07, 6.45) is 1.68. The van der Waals surface area contributed by atoms with Crippen molar-refractivity contribution in [3.63, 3.8) is 0 Å². The first-order valence-electron chi connectivity index (χ1n) is 3.05. The topological polar surface area (TPSA) is 38.7 Å². The standard InChI is InChI=1S/C6H8BrN3/c1-4(2)5-3-8-10-6(7)9-5/h3-4H,1-2H3. The van der Waals surface area contributed by atoms with E-state index in [1.54, 1.807) is 6.20 Å². The predicted octanol–water partition coefficient (Wildman–Crippen LogP) is 1.76. The molecule has 10 heavy (non-hydrogen) atoms. The number of nitrogens with zero attached hydrogens (tertiary/aromatic N) is 3. The highest BCUT2D eigenvalue weighted by molar-refractivity contribution is 9.10. The monoisotopic (exact) mass is 201 g/mol. The molecule has 0 aliphatic heterocycles. The summed E-state index contributed by atoms with van der Waals surface area (Å²) in [6, 6.07) is 0. The summed E-state index contributed by atoms with van der Waals surface area (Å²) < 4.78 is 0.554. The molecule has 0 fully saturated rings. The Balaban J connectivity index is 2.96. The van der Waals surface area contributed by atoms with Gasteiger partial charge in [-0.1, -0.05) is 13.8 Å². The number of hydrogen-bond donors (Lipinski definition) is 0. The van der Waals surface area contributed by atoms with Gasteiger partial charge in [-0.05, 0) is 21.8 Å². The fourth-order valence-corrected chi connectivity index (χ4v) is 0.868. The van der Waals surface area contributed by atoms with Crippen molar-refractivity contribution in [2.24, 2.45) is 0 Å². The summed E-state index contributed by atoms with van der Waals surface area (Å²) in [5.41, 5.74) is 0.960. The van der Waals surface area contributed by atoms with E-state index < -0.39 is 0 Å². The second-order valence-electron chi connectivity index (χ2n) is 2.30. The number of aromatic nitrogens is 3. The van der Waals surface area contributed by atoms with Gasteiger partial charge in [0.1, 0.15) is 0 Å². The molecule has 1 aromatic heterocycles. The van der Waals surface area contributed by atoms with Crippen molar-refractivity contribution >= 4 is 15.9 Å². The number of halogens is 1. The van der Waals surface area contributed by atoms with Crippen molar-refractivity contribution < 1.29 is 0 Å². The molecule has 0 saturated heterocycles. The minimum Gasteiger partial charge on any atom is -0.224 e. The first kappa shape index (κ1) is 7.60. The highest BCUT2D eigenvalue weighted by atomic mass is 79.9. The van der Waals surface area contributed by atoms with Crippen molar-refractivity contribution in [1.29, 1.82) is 0 Å². The van der Waals surface area contributed by atoms with Crippen molar-refractivity contribution in [1.82, 2.24) is 15.2 Å². The average Bonchev–Trinajstić information content (AvgIpc) is 1.88. The number of hydrogen-bond acceptors (Lipinski definition) is 3. The van der Waals surface area contributed by atoms with Gasteiger partial charge in [-0.15, -0.1) is 5.10 Å². The third-order valence-corrected chi connectivity index (χ3v) is 1.48. The van der Waals surface area contributed by atoms with Gasteiger partial charge < -0.3 is 0 Å². The van der Waals surface area contributed by atoms with E-state index in [-0.39, 0.29) is 0 Å². The van der Waals surface area contributed by atoms with Gasteiger partial charge in [0.15, 0.2) is 0 Å². The van der Waals surface area contributed by atoms with E-state index in [1.165, 1.54) is 0 Å². The van der Waals surface area contributed by atoms with Crippen LogP contribution in [0.2, 0.25) is 0 Å². The molecule has 1 rings (SSSR count). The van der Waals surface area contributed by atoms with Crippen LogP contribution in [0.15, 0.2) is 10.9 Å². The molecule has 1 heterocycles. The van der Waals surface area contributed by atoms with E-state index in [9.17, 15) is 0 Å². The number of rotatable bonds is 1. The smallest absolute Gasteiger partial charge is 0.218 e. The minimum atomic E-state index is 0.409. The van der Waals surface area contributed by atoms with Crippen LogP contribution < -0.4 is 0 Å². The zero-order valence-electron chi connectivity index (χ0n) is 5.87. The molecule has 0 N–H and O–H groups in total. The van der Waals surface area contributed by atoms with Crippen LogP contribution in [0.3, 0.4) is 0 Å². The van der Waals surface area contributed by atoms with Crippen LogP contribution in [0.1, 0.15) is 25.5 Å². The van der Waals surface area contributed by atoms with Crippen LogP contribution in [0.5, 0.6) is 0 Å². The van der Waals surface area contributed by atoms with Gasteiger partial charge >= 0.3 is 0 Å². The third kappa shape index (κ3) is 1.73. The molecule has 0 amide bonds. The Kier molecular flexibility index (Phi) is 2.32. The third-order valence-electron chi connectivity index (χ3n) is 1.14. The highest BCUT2D eigenvalue weighted by Crippen LogP contribution is 2.10. The Labute approximate surface area is 68.0 Å². The highest BCUT2D eigenvalue weighted by Gasteiger charge is 2.00. The molecule has 0 bridgehead atoms. The van der Waals surface area contributed by atoms with E-state index in [2.05, 4.69) is 45.0 Å². The van der Waals surface area contributed by atoms with E-state index in [0.29, 0.717) is 10.7 Å². The lowest BCUT2D eigenvalue weighted by molar-refractivity contribution is 0.773. The maximum absolute atomic E-state index is 4.12. The van der Waals surface area contributed by atoms with Crippen LogP contribution in [0.4, 0.5) is 0 Å². The Bertz CT molecular complexity index is 224. The SMILES string of the molecule is CC(C)c1cnnc(Br)n1. The normalized spacial score (nSPS) is 10.4. The summed E-state index contributed by atoms with van der Waals surface area (Å²) in [5, 5.41) is 7.42. The summed E-state index contributed by atoms with van der Waals surface area (Å²) in [7, 11) is 0. The van der Waals surface area contributed by atoms with Crippen molar-refractivity contribution in [2.45, 2.75) is 19.8 Å².